The molecule has 142 valence electrons. The van der Waals surface area contributed by atoms with Crippen LogP contribution in [0.5, 0.6) is 0 Å². The van der Waals surface area contributed by atoms with Gasteiger partial charge in [0.2, 0.25) is 5.89 Å². The van der Waals surface area contributed by atoms with E-state index in [-0.39, 0.29) is 5.41 Å². The summed E-state index contributed by atoms with van der Waals surface area (Å²) in [5.74, 6) is 2.20. The summed E-state index contributed by atoms with van der Waals surface area (Å²) in [4.78, 5) is 10.7. The van der Waals surface area contributed by atoms with Gasteiger partial charge in [-0.15, -0.1) is 11.3 Å². The Kier molecular flexibility index (Phi) is 6.66. The van der Waals surface area contributed by atoms with Crippen LogP contribution in [0.4, 0.5) is 0 Å². The maximum Gasteiger partial charge on any atom is 0.228 e. The molecule has 0 aromatic carbocycles. The fraction of sp³-hybridized carbons (Fsp3) is 0.632. The number of nitrogens with one attached hydrogen (secondary N) is 2. The maximum atomic E-state index is 5.17. The Morgan fingerprint density at radius 1 is 1.31 bits per heavy atom. The van der Waals surface area contributed by atoms with Crippen molar-refractivity contribution in [1.29, 1.82) is 0 Å². The molecule has 1 aliphatic carbocycles. The number of aryl methyl sites for hydroxylation is 1. The molecule has 7 heteroatoms. The van der Waals surface area contributed by atoms with E-state index >= 15 is 0 Å². The summed E-state index contributed by atoms with van der Waals surface area (Å²) in [5.41, 5.74) is 0.207. The second-order valence-electron chi connectivity index (χ2n) is 6.93. The number of thiophene rings is 1. The summed E-state index contributed by atoms with van der Waals surface area (Å²) in [6.45, 7) is 6.33. The zero-order chi connectivity index (χ0) is 18.2. The molecule has 6 nitrogen and oxygen atoms in total. The number of hydrogen-bond acceptors (Lipinski definition) is 5. The van der Waals surface area contributed by atoms with Crippen LogP contribution in [-0.4, -0.2) is 35.7 Å². The van der Waals surface area contributed by atoms with E-state index in [2.05, 4.69) is 45.2 Å². The van der Waals surface area contributed by atoms with Gasteiger partial charge < -0.3 is 15.2 Å². The van der Waals surface area contributed by atoms with Gasteiger partial charge >= 0.3 is 0 Å². The van der Waals surface area contributed by atoms with Crippen LogP contribution in [-0.2, 0) is 11.8 Å². The van der Waals surface area contributed by atoms with Gasteiger partial charge in [-0.05, 0) is 38.1 Å². The van der Waals surface area contributed by atoms with Crippen molar-refractivity contribution < 1.29 is 4.52 Å². The molecule has 0 bridgehead atoms. The maximum absolute atomic E-state index is 5.17. The van der Waals surface area contributed by atoms with Crippen LogP contribution < -0.4 is 10.6 Å². The van der Waals surface area contributed by atoms with E-state index in [4.69, 9.17) is 9.52 Å². The highest BCUT2D eigenvalue weighted by atomic mass is 32.1. The Hall–Kier alpha value is -1.89. The molecule has 2 aromatic heterocycles. The number of nitrogens with zero attached hydrogens (tertiary/aromatic N) is 3. The lowest BCUT2D eigenvalue weighted by Gasteiger charge is -2.35. The highest BCUT2D eigenvalue weighted by Crippen LogP contribution is 2.41. The topological polar surface area (TPSA) is 75.3 Å². The van der Waals surface area contributed by atoms with Crippen LogP contribution in [0.1, 0.15) is 55.6 Å². The van der Waals surface area contributed by atoms with Crippen molar-refractivity contribution in [3.8, 4) is 0 Å². The first-order valence-corrected chi connectivity index (χ1v) is 10.5. The van der Waals surface area contributed by atoms with E-state index in [1.807, 2.05) is 18.3 Å². The predicted octanol–water partition coefficient (Wildman–Crippen LogP) is 3.44. The van der Waals surface area contributed by atoms with Crippen molar-refractivity contribution in [2.24, 2.45) is 4.99 Å². The number of aliphatic imine (C=N–C) groups is 1. The second-order valence-corrected chi connectivity index (χ2v) is 7.87. The number of rotatable bonds is 7. The largest absolute Gasteiger partial charge is 0.357 e. The molecular formula is C19H29N5OS. The molecule has 1 saturated carbocycles. The molecule has 0 amide bonds. The summed E-state index contributed by atoms with van der Waals surface area (Å²) >= 11 is 1.87. The van der Waals surface area contributed by atoms with Crippen molar-refractivity contribution in [2.75, 3.05) is 19.6 Å². The van der Waals surface area contributed by atoms with Crippen molar-refractivity contribution >= 4 is 17.3 Å². The van der Waals surface area contributed by atoms with Gasteiger partial charge in [0.05, 0.1) is 6.54 Å². The minimum atomic E-state index is 0.207. The fourth-order valence-electron chi connectivity index (χ4n) is 3.59. The molecule has 2 N–H and O–H groups in total. The molecule has 0 aliphatic heterocycles. The van der Waals surface area contributed by atoms with Crippen molar-refractivity contribution in [1.82, 2.24) is 20.8 Å². The van der Waals surface area contributed by atoms with E-state index in [1.54, 1.807) is 0 Å². The first kappa shape index (κ1) is 18.9. The van der Waals surface area contributed by atoms with E-state index < -0.39 is 0 Å². The third-order valence-electron chi connectivity index (χ3n) is 4.94. The molecule has 26 heavy (non-hydrogen) atoms. The third-order valence-corrected chi connectivity index (χ3v) is 6.06. The molecule has 1 aliphatic rings. The van der Waals surface area contributed by atoms with Crippen LogP contribution in [0, 0.1) is 6.92 Å². The highest BCUT2D eigenvalue weighted by molar-refractivity contribution is 7.10. The molecule has 1 fully saturated rings. The van der Waals surface area contributed by atoms with Crippen LogP contribution in [0.15, 0.2) is 27.0 Å². The zero-order valence-corrected chi connectivity index (χ0v) is 16.6. The first-order valence-electron chi connectivity index (χ1n) is 9.57. The van der Waals surface area contributed by atoms with Crippen molar-refractivity contribution in [3.63, 3.8) is 0 Å². The third kappa shape index (κ3) is 4.84. The normalized spacial score (nSPS) is 17.2. The van der Waals surface area contributed by atoms with Gasteiger partial charge in [-0.2, -0.15) is 4.98 Å². The van der Waals surface area contributed by atoms with E-state index in [0.717, 1.165) is 25.6 Å². The Labute approximate surface area is 159 Å². The molecule has 0 radical (unpaired) electrons. The van der Waals surface area contributed by atoms with Crippen LogP contribution in [0.2, 0.25) is 0 Å². The van der Waals surface area contributed by atoms with Crippen molar-refractivity contribution in [3.05, 3.63) is 34.1 Å². The minimum Gasteiger partial charge on any atom is -0.357 e. The lowest BCUT2D eigenvalue weighted by molar-refractivity contribution is 0.306. The van der Waals surface area contributed by atoms with Crippen molar-refractivity contribution in [2.45, 2.75) is 57.8 Å². The molecule has 2 aromatic rings. The van der Waals surface area contributed by atoms with Crippen LogP contribution in [0.3, 0.4) is 0 Å². The molecule has 0 spiro atoms. The quantitative estimate of drug-likeness (QED) is 0.573. The molecule has 0 unspecified atom stereocenters. The molecule has 2 heterocycles. The minimum absolute atomic E-state index is 0.207. The lowest BCUT2D eigenvalue weighted by atomic mass is 9.73. The van der Waals surface area contributed by atoms with E-state index in [1.165, 1.54) is 37.0 Å². The smallest absolute Gasteiger partial charge is 0.228 e. The Bertz CT molecular complexity index is 689. The molecule has 0 saturated heterocycles. The zero-order valence-electron chi connectivity index (χ0n) is 15.8. The molecular weight excluding hydrogens is 346 g/mol. The average molecular weight is 376 g/mol. The van der Waals surface area contributed by atoms with Gasteiger partial charge in [0.15, 0.2) is 11.8 Å². The standard InChI is InChI=1S/C19H29N5OS/c1-3-20-18(21-12-9-17-23-15(2)24-25-17)22-14-19(10-5-4-6-11-19)16-8-7-13-26-16/h7-8,13H,3-6,9-12,14H2,1-2H3,(H2,20,21,22). The summed E-state index contributed by atoms with van der Waals surface area (Å²) in [7, 11) is 0. The summed E-state index contributed by atoms with van der Waals surface area (Å²) in [5, 5.41) is 12.8. The van der Waals surface area contributed by atoms with Gasteiger partial charge in [-0.1, -0.05) is 30.5 Å². The number of hydrogen-bond donors (Lipinski definition) is 2. The summed E-state index contributed by atoms with van der Waals surface area (Å²) in [6, 6.07) is 4.44. The summed E-state index contributed by atoms with van der Waals surface area (Å²) < 4.78 is 5.17. The highest BCUT2D eigenvalue weighted by Gasteiger charge is 2.34. The van der Waals surface area contributed by atoms with Gasteiger partial charge in [0.25, 0.3) is 0 Å². The lowest BCUT2D eigenvalue weighted by Crippen LogP contribution is -2.40. The Morgan fingerprint density at radius 2 is 2.15 bits per heavy atom. The number of guanidine groups is 1. The molecule has 3 rings (SSSR count). The Balaban J connectivity index is 1.62. The Morgan fingerprint density at radius 3 is 2.81 bits per heavy atom. The SMILES string of the molecule is CCNC(=NCC1(c2cccs2)CCCCC1)NCCc1nc(C)no1. The van der Waals surface area contributed by atoms with Gasteiger partial charge in [0, 0.05) is 29.8 Å². The average Bonchev–Trinajstić information content (AvgIpc) is 3.33. The monoisotopic (exact) mass is 375 g/mol. The van der Waals surface area contributed by atoms with Gasteiger partial charge in [-0.25, -0.2) is 0 Å². The van der Waals surface area contributed by atoms with E-state index in [9.17, 15) is 0 Å². The second kappa shape index (κ2) is 9.16. The van der Waals surface area contributed by atoms with Crippen LogP contribution >= 0.6 is 11.3 Å². The molecule has 0 atom stereocenters. The summed E-state index contributed by atoms with van der Waals surface area (Å²) in [6.07, 6.45) is 7.11. The predicted molar refractivity (Wildman–Crippen MR) is 106 cm³/mol. The van der Waals surface area contributed by atoms with Gasteiger partial charge in [0.1, 0.15) is 0 Å². The van der Waals surface area contributed by atoms with E-state index in [0.29, 0.717) is 18.1 Å². The van der Waals surface area contributed by atoms with Gasteiger partial charge in [-0.3, -0.25) is 4.99 Å². The number of aromatic nitrogens is 2. The fourth-order valence-corrected chi connectivity index (χ4v) is 4.57. The first-order chi connectivity index (χ1) is 12.7. The van der Waals surface area contributed by atoms with Crippen LogP contribution in [0.25, 0.3) is 0 Å².